The third-order valence-corrected chi connectivity index (χ3v) is 3.04. The molecule has 3 heteroatoms. The smallest absolute Gasteiger partial charge is 0.122 e. The standard InChI is InChI=1S/C17H21NO2/c1-14-6-2-3-7-17(14)20-13-5-4-12-19-16-10-8-15(18)9-11-16/h2-3,6-11H,4-5,12-13,18H2,1H3. The van der Waals surface area contributed by atoms with Gasteiger partial charge >= 0.3 is 0 Å². The quantitative estimate of drug-likeness (QED) is 0.615. The Morgan fingerprint density at radius 2 is 1.50 bits per heavy atom. The van der Waals surface area contributed by atoms with Crippen molar-refractivity contribution in [1.29, 1.82) is 0 Å². The molecule has 3 nitrogen and oxygen atoms in total. The van der Waals surface area contributed by atoms with Gasteiger partial charge in [-0.05, 0) is 55.7 Å². The van der Waals surface area contributed by atoms with Crippen LogP contribution in [0.4, 0.5) is 5.69 Å². The molecule has 20 heavy (non-hydrogen) atoms. The number of benzene rings is 2. The molecule has 2 aromatic carbocycles. The molecular weight excluding hydrogens is 250 g/mol. The zero-order chi connectivity index (χ0) is 14.2. The van der Waals surface area contributed by atoms with Gasteiger partial charge in [-0.3, -0.25) is 0 Å². The summed E-state index contributed by atoms with van der Waals surface area (Å²) >= 11 is 0. The van der Waals surface area contributed by atoms with Gasteiger partial charge < -0.3 is 15.2 Å². The van der Waals surface area contributed by atoms with Crippen LogP contribution < -0.4 is 15.2 Å². The van der Waals surface area contributed by atoms with Crippen molar-refractivity contribution in [2.75, 3.05) is 18.9 Å². The van der Waals surface area contributed by atoms with Crippen molar-refractivity contribution in [3.8, 4) is 11.5 Å². The van der Waals surface area contributed by atoms with Crippen LogP contribution in [-0.2, 0) is 0 Å². The van der Waals surface area contributed by atoms with Gasteiger partial charge in [0.25, 0.3) is 0 Å². The van der Waals surface area contributed by atoms with Crippen LogP contribution in [0.3, 0.4) is 0 Å². The molecule has 0 saturated heterocycles. The molecule has 0 bridgehead atoms. The van der Waals surface area contributed by atoms with Crippen LogP contribution in [-0.4, -0.2) is 13.2 Å². The fourth-order valence-corrected chi connectivity index (χ4v) is 1.86. The lowest BCUT2D eigenvalue weighted by atomic mass is 10.2. The summed E-state index contributed by atoms with van der Waals surface area (Å²) in [5, 5.41) is 0. The summed E-state index contributed by atoms with van der Waals surface area (Å²) < 4.78 is 11.4. The van der Waals surface area contributed by atoms with Gasteiger partial charge in [0.15, 0.2) is 0 Å². The zero-order valence-corrected chi connectivity index (χ0v) is 11.8. The molecule has 0 atom stereocenters. The van der Waals surface area contributed by atoms with Crippen LogP contribution in [0.5, 0.6) is 11.5 Å². The van der Waals surface area contributed by atoms with Crippen molar-refractivity contribution in [3.05, 3.63) is 54.1 Å². The first-order valence-corrected chi connectivity index (χ1v) is 6.92. The van der Waals surface area contributed by atoms with Crippen LogP contribution in [0.15, 0.2) is 48.5 Å². The van der Waals surface area contributed by atoms with E-state index in [1.54, 1.807) is 0 Å². The maximum Gasteiger partial charge on any atom is 0.122 e. The number of unbranched alkanes of at least 4 members (excludes halogenated alkanes) is 1. The minimum absolute atomic E-state index is 0.695. The molecule has 106 valence electrons. The molecule has 0 amide bonds. The Balaban J connectivity index is 1.60. The third kappa shape index (κ3) is 4.50. The topological polar surface area (TPSA) is 44.5 Å². The number of nitrogens with two attached hydrogens (primary N) is 1. The van der Waals surface area contributed by atoms with Gasteiger partial charge in [-0.15, -0.1) is 0 Å². The summed E-state index contributed by atoms with van der Waals surface area (Å²) in [6.07, 6.45) is 1.94. The summed E-state index contributed by atoms with van der Waals surface area (Å²) in [5.74, 6) is 1.82. The highest BCUT2D eigenvalue weighted by Crippen LogP contribution is 2.16. The van der Waals surface area contributed by atoms with E-state index in [1.807, 2.05) is 42.5 Å². The Labute approximate surface area is 120 Å². The Kier molecular flexibility index (Phi) is 5.30. The average Bonchev–Trinajstić information content (AvgIpc) is 2.46. The van der Waals surface area contributed by atoms with E-state index in [9.17, 15) is 0 Å². The van der Waals surface area contributed by atoms with Crippen molar-refractivity contribution in [1.82, 2.24) is 0 Å². The highest BCUT2D eigenvalue weighted by Gasteiger charge is 1.98. The second-order valence-electron chi connectivity index (χ2n) is 4.74. The molecule has 0 aliphatic rings. The van der Waals surface area contributed by atoms with Crippen LogP contribution in [0.2, 0.25) is 0 Å². The zero-order valence-electron chi connectivity index (χ0n) is 11.8. The van der Waals surface area contributed by atoms with E-state index >= 15 is 0 Å². The van der Waals surface area contributed by atoms with Crippen LogP contribution in [0.25, 0.3) is 0 Å². The van der Waals surface area contributed by atoms with Gasteiger partial charge in [0.2, 0.25) is 0 Å². The van der Waals surface area contributed by atoms with Crippen LogP contribution in [0, 0.1) is 6.92 Å². The minimum Gasteiger partial charge on any atom is -0.494 e. The molecule has 0 unspecified atom stereocenters. The summed E-state index contributed by atoms with van der Waals surface area (Å²) in [5.41, 5.74) is 7.54. The minimum atomic E-state index is 0.695. The summed E-state index contributed by atoms with van der Waals surface area (Å²) in [7, 11) is 0. The summed E-state index contributed by atoms with van der Waals surface area (Å²) in [6.45, 7) is 3.47. The molecule has 0 fully saturated rings. The fraction of sp³-hybridized carbons (Fsp3) is 0.294. The van der Waals surface area contributed by atoms with E-state index in [0.29, 0.717) is 6.61 Å². The first kappa shape index (κ1) is 14.3. The lowest BCUT2D eigenvalue weighted by molar-refractivity contribution is 0.265. The maximum absolute atomic E-state index is 5.73. The Morgan fingerprint density at radius 1 is 0.850 bits per heavy atom. The molecule has 2 rings (SSSR count). The van der Waals surface area contributed by atoms with Gasteiger partial charge in [-0.1, -0.05) is 18.2 Å². The first-order chi connectivity index (χ1) is 9.75. The van der Waals surface area contributed by atoms with Crippen molar-refractivity contribution in [2.24, 2.45) is 0 Å². The molecule has 0 aliphatic carbocycles. The summed E-state index contributed by atoms with van der Waals surface area (Å²) in [4.78, 5) is 0. The number of rotatable bonds is 7. The molecule has 2 aromatic rings. The molecule has 0 heterocycles. The number of aryl methyl sites for hydroxylation is 1. The lowest BCUT2D eigenvalue weighted by Crippen LogP contribution is -2.03. The van der Waals surface area contributed by atoms with E-state index in [-0.39, 0.29) is 0 Å². The van der Waals surface area contributed by atoms with Gasteiger partial charge in [-0.2, -0.15) is 0 Å². The van der Waals surface area contributed by atoms with Gasteiger partial charge in [0.05, 0.1) is 13.2 Å². The number of para-hydroxylation sites is 1. The molecular formula is C17H21NO2. The monoisotopic (exact) mass is 271 g/mol. The van der Waals surface area contributed by atoms with E-state index in [2.05, 4.69) is 13.0 Å². The SMILES string of the molecule is Cc1ccccc1OCCCCOc1ccc(N)cc1. The average molecular weight is 271 g/mol. The number of hydrogen-bond donors (Lipinski definition) is 1. The maximum atomic E-state index is 5.73. The molecule has 0 spiro atoms. The Bertz CT molecular complexity index is 523. The largest absolute Gasteiger partial charge is 0.494 e. The van der Waals surface area contributed by atoms with Crippen molar-refractivity contribution in [2.45, 2.75) is 19.8 Å². The molecule has 0 aromatic heterocycles. The van der Waals surface area contributed by atoms with Crippen LogP contribution >= 0.6 is 0 Å². The van der Waals surface area contributed by atoms with Crippen molar-refractivity contribution < 1.29 is 9.47 Å². The predicted octanol–water partition coefficient (Wildman–Crippen LogP) is 3.82. The predicted molar refractivity (Wildman–Crippen MR) is 82.3 cm³/mol. The molecule has 0 radical (unpaired) electrons. The molecule has 2 N–H and O–H groups in total. The second kappa shape index (κ2) is 7.43. The molecule has 0 aliphatic heterocycles. The normalized spacial score (nSPS) is 10.2. The number of nitrogen functional groups attached to an aromatic ring is 1. The third-order valence-electron chi connectivity index (χ3n) is 3.04. The number of anilines is 1. The van der Waals surface area contributed by atoms with Gasteiger partial charge in [0.1, 0.15) is 11.5 Å². The number of hydrogen-bond acceptors (Lipinski definition) is 3. The van der Waals surface area contributed by atoms with Crippen LogP contribution in [0.1, 0.15) is 18.4 Å². The highest BCUT2D eigenvalue weighted by molar-refractivity contribution is 5.41. The Hall–Kier alpha value is -2.16. The van der Waals surface area contributed by atoms with Gasteiger partial charge in [0, 0.05) is 5.69 Å². The van der Waals surface area contributed by atoms with E-state index in [4.69, 9.17) is 15.2 Å². The van der Waals surface area contributed by atoms with Crippen molar-refractivity contribution >= 4 is 5.69 Å². The Morgan fingerprint density at radius 3 is 2.20 bits per heavy atom. The lowest BCUT2D eigenvalue weighted by Gasteiger charge is -2.09. The molecule has 0 saturated carbocycles. The highest BCUT2D eigenvalue weighted by atomic mass is 16.5. The second-order valence-corrected chi connectivity index (χ2v) is 4.74. The van der Waals surface area contributed by atoms with E-state index in [0.717, 1.165) is 36.6 Å². The van der Waals surface area contributed by atoms with Gasteiger partial charge in [-0.25, -0.2) is 0 Å². The first-order valence-electron chi connectivity index (χ1n) is 6.92. The fourth-order valence-electron chi connectivity index (χ4n) is 1.86. The van der Waals surface area contributed by atoms with E-state index in [1.165, 1.54) is 5.56 Å². The summed E-state index contributed by atoms with van der Waals surface area (Å²) in [6, 6.07) is 15.5. The number of ether oxygens (including phenoxy) is 2. The van der Waals surface area contributed by atoms with E-state index < -0.39 is 0 Å². The van der Waals surface area contributed by atoms with Crippen molar-refractivity contribution in [3.63, 3.8) is 0 Å².